The molecule has 0 aromatic rings. The third kappa shape index (κ3) is 7.42. The van der Waals surface area contributed by atoms with E-state index in [4.69, 9.17) is 5.11 Å². The first-order chi connectivity index (χ1) is 9.11. The molecule has 110 valence electrons. The van der Waals surface area contributed by atoms with Crippen LogP contribution in [0.4, 0.5) is 0 Å². The van der Waals surface area contributed by atoms with Crippen LogP contribution in [0.15, 0.2) is 0 Å². The second-order valence-corrected chi connectivity index (χ2v) is 6.20. The molecule has 1 fully saturated rings. The Morgan fingerprint density at radius 3 is 2.68 bits per heavy atom. The maximum atomic E-state index is 11.8. The van der Waals surface area contributed by atoms with E-state index in [1.165, 1.54) is 0 Å². The van der Waals surface area contributed by atoms with Gasteiger partial charge in [0, 0.05) is 11.3 Å². The first-order valence-electron chi connectivity index (χ1n) is 6.95. The summed E-state index contributed by atoms with van der Waals surface area (Å²) in [5, 5.41) is 15.5. The lowest BCUT2D eigenvalue weighted by molar-refractivity contribution is -0.137. The molecular formula is C13H24N2O3S. The molecule has 0 saturated carbocycles. The van der Waals surface area contributed by atoms with Crippen molar-refractivity contribution in [3.05, 3.63) is 0 Å². The molecule has 19 heavy (non-hydrogen) atoms. The lowest BCUT2D eigenvalue weighted by Crippen LogP contribution is -2.38. The van der Waals surface area contributed by atoms with Crippen LogP contribution in [-0.4, -0.2) is 47.1 Å². The fraction of sp³-hybridized carbons (Fsp3) is 0.846. The van der Waals surface area contributed by atoms with Gasteiger partial charge >= 0.3 is 5.97 Å². The zero-order valence-electron chi connectivity index (χ0n) is 11.5. The topological polar surface area (TPSA) is 78.4 Å². The number of hydrogen-bond acceptors (Lipinski definition) is 4. The van der Waals surface area contributed by atoms with Gasteiger partial charge in [-0.2, -0.15) is 0 Å². The summed E-state index contributed by atoms with van der Waals surface area (Å²) in [5.41, 5.74) is 0. The first-order valence-corrected chi connectivity index (χ1v) is 8.00. The molecule has 3 N–H and O–H groups in total. The highest BCUT2D eigenvalue weighted by atomic mass is 32.2. The Kier molecular flexibility index (Phi) is 7.90. The van der Waals surface area contributed by atoms with Crippen LogP contribution in [0.1, 0.15) is 39.0 Å². The van der Waals surface area contributed by atoms with Crippen molar-refractivity contribution in [3.8, 4) is 0 Å². The van der Waals surface area contributed by atoms with Crippen molar-refractivity contribution in [1.82, 2.24) is 10.6 Å². The minimum Gasteiger partial charge on any atom is -0.481 e. The van der Waals surface area contributed by atoms with Gasteiger partial charge in [0.2, 0.25) is 5.91 Å². The predicted octanol–water partition coefficient (Wildman–Crippen LogP) is 1.23. The molecule has 1 aliphatic rings. The van der Waals surface area contributed by atoms with Gasteiger partial charge in [-0.15, -0.1) is 11.8 Å². The molecule has 1 atom stereocenters. The molecule has 0 spiro atoms. The maximum absolute atomic E-state index is 11.8. The van der Waals surface area contributed by atoms with E-state index in [1.807, 2.05) is 6.92 Å². The molecular weight excluding hydrogens is 264 g/mol. The first kappa shape index (κ1) is 16.3. The molecule has 0 aromatic carbocycles. The van der Waals surface area contributed by atoms with Gasteiger partial charge in [0.1, 0.15) is 0 Å². The molecule has 1 aliphatic heterocycles. The summed E-state index contributed by atoms with van der Waals surface area (Å²) in [5.74, 6) is -0.460. The molecule has 0 bridgehead atoms. The smallest absolute Gasteiger partial charge is 0.305 e. The Morgan fingerprint density at radius 2 is 2.11 bits per heavy atom. The minimum atomic E-state index is -0.857. The molecule has 5 nitrogen and oxygen atoms in total. The number of carboxylic acid groups (broad SMARTS) is 1. The highest BCUT2D eigenvalue weighted by Gasteiger charge is 2.18. The molecule has 1 saturated heterocycles. The summed E-state index contributed by atoms with van der Waals surface area (Å²) in [6.07, 6.45) is 3.81. The summed E-state index contributed by atoms with van der Waals surface area (Å²) in [7, 11) is 0. The average molecular weight is 288 g/mol. The number of nitrogens with one attached hydrogen (secondary N) is 2. The number of carbonyl (C=O) groups is 2. The van der Waals surface area contributed by atoms with Crippen molar-refractivity contribution in [3.63, 3.8) is 0 Å². The maximum Gasteiger partial charge on any atom is 0.305 e. The fourth-order valence-corrected chi connectivity index (χ4v) is 3.25. The molecule has 1 heterocycles. The third-order valence-electron chi connectivity index (χ3n) is 3.16. The number of amides is 1. The van der Waals surface area contributed by atoms with Crippen LogP contribution in [0.25, 0.3) is 0 Å². The normalized spacial score (nSPS) is 17.9. The van der Waals surface area contributed by atoms with Crippen molar-refractivity contribution < 1.29 is 14.7 Å². The van der Waals surface area contributed by atoms with Gasteiger partial charge in [-0.25, -0.2) is 0 Å². The molecule has 0 aliphatic carbocycles. The van der Waals surface area contributed by atoms with Crippen molar-refractivity contribution in [2.24, 2.45) is 0 Å². The van der Waals surface area contributed by atoms with Crippen LogP contribution in [0.2, 0.25) is 0 Å². The van der Waals surface area contributed by atoms with Gasteiger partial charge in [-0.3, -0.25) is 9.59 Å². The SMILES string of the molecule is CCCC(CC(=O)O)NC(=O)CSC1CCNCC1. The van der Waals surface area contributed by atoms with Gasteiger partial charge in [-0.05, 0) is 32.4 Å². The van der Waals surface area contributed by atoms with E-state index in [1.54, 1.807) is 11.8 Å². The second kappa shape index (κ2) is 9.20. The summed E-state index contributed by atoms with van der Waals surface area (Å²) < 4.78 is 0. The van der Waals surface area contributed by atoms with E-state index in [9.17, 15) is 9.59 Å². The Labute approximate surface area is 118 Å². The largest absolute Gasteiger partial charge is 0.481 e. The number of carbonyl (C=O) groups excluding carboxylic acids is 1. The number of thioether (sulfide) groups is 1. The van der Waals surface area contributed by atoms with E-state index in [0.29, 0.717) is 11.0 Å². The van der Waals surface area contributed by atoms with Crippen molar-refractivity contribution in [2.75, 3.05) is 18.8 Å². The number of rotatable bonds is 8. The van der Waals surface area contributed by atoms with Crippen LogP contribution < -0.4 is 10.6 Å². The van der Waals surface area contributed by atoms with E-state index in [-0.39, 0.29) is 18.4 Å². The third-order valence-corrected chi connectivity index (χ3v) is 4.53. The van der Waals surface area contributed by atoms with Crippen molar-refractivity contribution in [2.45, 2.75) is 50.3 Å². The zero-order valence-corrected chi connectivity index (χ0v) is 12.3. The summed E-state index contributed by atoms with van der Waals surface area (Å²) in [4.78, 5) is 22.5. The predicted molar refractivity (Wildman–Crippen MR) is 77.4 cm³/mol. The van der Waals surface area contributed by atoms with Crippen LogP contribution in [0.5, 0.6) is 0 Å². The lowest BCUT2D eigenvalue weighted by atomic mass is 10.1. The Hall–Kier alpha value is -0.750. The minimum absolute atomic E-state index is 0.0115. The monoisotopic (exact) mass is 288 g/mol. The molecule has 6 heteroatoms. The Balaban J connectivity index is 2.24. The summed E-state index contributed by atoms with van der Waals surface area (Å²) in [6.45, 7) is 4.04. The zero-order chi connectivity index (χ0) is 14.1. The second-order valence-electron chi connectivity index (χ2n) is 4.91. The van der Waals surface area contributed by atoms with Crippen LogP contribution in [0, 0.1) is 0 Å². The number of carboxylic acids is 1. The highest BCUT2D eigenvalue weighted by molar-refractivity contribution is 8.00. The van der Waals surface area contributed by atoms with Crippen LogP contribution in [-0.2, 0) is 9.59 Å². The molecule has 1 amide bonds. The standard InChI is InChI=1S/C13H24N2O3S/c1-2-3-10(8-13(17)18)15-12(16)9-19-11-4-6-14-7-5-11/h10-11,14H,2-9H2,1H3,(H,15,16)(H,17,18). The van der Waals surface area contributed by atoms with Crippen LogP contribution in [0.3, 0.4) is 0 Å². The molecule has 1 unspecified atom stereocenters. The fourth-order valence-electron chi connectivity index (χ4n) is 2.21. The summed E-state index contributed by atoms with van der Waals surface area (Å²) >= 11 is 1.68. The average Bonchev–Trinajstić information content (AvgIpc) is 2.37. The van der Waals surface area contributed by atoms with Gasteiger partial charge < -0.3 is 15.7 Å². The molecule has 1 rings (SSSR count). The number of hydrogen-bond donors (Lipinski definition) is 3. The van der Waals surface area contributed by atoms with Gasteiger partial charge in [0.25, 0.3) is 0 Å². The van der Waals surface area contributed by atoms with E-state index < -0.39 is 5.97 Å². The highest BCUT2D eigenvalue weighted by Crippen LogP contribution is 2.19. The van der Waals surface area contributed by atoms with E-state index >= 15 is 0 Å². The molecule has 0 aromatic heterocycles. The molecule has 0 radical (unpaired) electrons. The Morgan fingerprint density at radius 1 is 1.42 bits per heavy atom. The van der Waals surface area contributed by atoms with E-state index in [2.05, 4.69) is 10.6 Å². The Bertz CT molecular complexity index is 294. The van der Waals surface area contributed by atoms with E-state index in [0.717, 1.165) is 38.8 Å². The van der Waals surface area contributed by atoms with Gasteiger partial charge in [-0.1, -0.05) is 13.3 Å². The summed E-state index contributed by atoms with van der Waals surface area (Å²) in [6, 6.07) is -0.233. The van der Waals surface area contributed by atoms with Gasteiger partial charge in [0.15, 0.2) is 0 Å². The van der Waals surface area contributed by atoms with Crippen LogP contribution >= 0.6 is 11.8 Å². The van der Waals surface area contributed by atoms with Gasteiger partial charge in [0.05, 0.1) is 12.2 Å². The quantitative estimate of drug-likeness (QED) is 0.626. The number of piperidine rings is 1. The number of aliphatic carboxylic acids is 1. The van der Waals surface area contributed by atoms with Crippen molar-refractivity contribution >= 4 is 23.6 Å². The lowest BCUT2D eigenvalue weighted by Gasteiger charge is -2.22. The van der Waals surface area contributed by atoms with Crippen molar-refractivity contribution in [1.29, 1.82) is 0 Å².